The van der Waals surface area contributed by atoms with E-state index in [-0.39, 0.29) is 0 Å². The molecule has 0 spiro atoms. The SMILES string of the molecule is C=C1/C=C\C=CC2=C(C=CCC2)/C(c2ccc3c4c(n(-c5ccccc5)c3c2CCc2ccccc2)CCCC4)=C\1C. The minimum Gasteiger partial charge on any atom is -0.313 e. The minimum absolute atomic E-state index is 0.980. The third-order valence-electron chi connectivity index (χ3n) is 9.37. The Bertz CT molecular complexity index is 1820. The fourth-order valence-corrected chi connectivity index (χ4v) is 7.24. The van der Waals surface area contributed by atoms with Crippen LogP contribution in [0.15, 0.2) is 138 Å². The molecular formula is C41H39N. The van der Waals surface area contributed by atoms with Gasteiger partial charge in [0.25, 0.3) is 0 Å². The molecule has 0 atom stereocenters. The molecule has 1 aromatic heterocycles. The summed E-state index contributed by atoms with van der Waals surface area (Å²) in [6, 6.07) is 26.9. The first kappa shape index (κ1) is 26.5. The number of benzene rings is 3. The minimum atomic E-state index is 0.980. The van der Waals surface area contributed by atoms with Gasteiger partial charge < -0.3 is 4.57 Å². The van der Waals surface area contributed by atoms with Crippen LogP contribution < -0.4 is 0 Å². The van der Waals surface area contributed by atoms with Crippen LogP contribution in [0.3, 0.4) is 0 Å². The van der Waals surface area contributed by atoms with E-state index in [4.69, 9.17) is 0 Å². The number of para-hydroxylation sites is 1. The molecule has 0 N–H and O–H groups in total. The van der Waals surface area contributed by atoms with Gasteiger partial charge in [-0.1, -0.05) is 104 Å². The van der Waals surface area contributed by atoms with Gasteiger partial charge in [0.1, 0.15) is 0 Å². The maximum Gasteiger partial charge on any atom is 0.0572 e. The summed E-state index contributed by atoms with van der Waals surface area (Å²) in [5.41, 5.74) is 16.4. The molecule has 0 bridgehead atoms. The molecule has 0 radical (unpaired) electrons. The molecule has 0 aliphatic heterocycles. The molecule has 0 unspecified atom stereocenters. The van der Waals surface area contributed by atoms with Crippen LogP contribution in [0.2, 0.25) is 0 Å². The molecule has 3 aromatic carbocycles. The molecule has 1 nitrogen and oxygen atoms in total. The second-order valence-corrected chi connectivity index (χ2v) is 11.9. The van der Waals surface area contributed by atoms with E-state index in [2.05, 4.69) is 127 Å². The Morgan fingerprint density at radius 2 is 1.52 bits per heavy atom. The first-order chi connectivity index (χ1) is 20.7. The van der Waals surface area contributed by atoms with Crippen LogP contribution in [0.5, 0.6) is 0 Å². The van der Waals surface area contributed by atoms with Crippen LogP contribution in [0.1, 0.15) is 60.6 Å². The zero-order valence-corrected chi connectivity index (χ0v) is 24.7. The van der Waals surface area contributed by atoms with E-state index in [0.29, 0.717) is 0 Å². The average Bonchev–Trinajstić information content (AvgIpc) is 3.40. The van der Waals surface area contributed by atoms with Gasteiger partial charge in [-0.2, -0.15) is 0 Å². The summed E-state index contributed by atoms with van der Waals surface area (Å²) in [6.07, 6.45) is 22.5. The zero-order valence-electron chi connectivity index (χ0n) is 24.7. The van der Waals surface area contributed by atoms with E-state index in [1.54, 1.807) is 5.56 Å². The highest BCUT2D eigenvalue weighted by Gasteiger charge is 2.27. The highest BCUT2D eigenvalue weighted by atomic mass is 15.0. The number of fused-ring (bicyclic) bond motifs is 3. The number of allylic oxidation sites excluding steroid dienone is 11. The van der Waals surface area contributed by atoms with Gasteiger partial charge in [-0.05, 0) is 121 Å². The van der Waals surface area contributed by atoms with E-state index in [9.17, 15) is 0 Å². The maximum atomic E-state index is 4.53. The van der Waals surface area contributed by atoms with Crippen molar-refractivity contribution < 1.29 is 0 Å². The van der Waals surface area contributed by atoms with E-state index in [0.717, 1.165) is 44.1 Å². The van der Waals surface area contributed by atoms with Crippen LogP contribution in [0.4, 0.5) is 0 Å². The molecule has 42 heavy (non-hydrogen) atoms. The van der Waals surface area contributed by atoms with Crippen molar-refractivity contribution >= 4 is 16.5 Å². The Kier molecular flexibility index (Phi) is 7.26. The van der Waals surface area contributed by atoms with Gasteiger partial charge in [0.05, 0.1) is 5.52 Å². The Morgan fingerprint density at radius 3 is 2.36 bits per heavy atom. The molecule has 4 aromatic rings. The van der Waals surface area contributed by atoms with Crippen LogP contribution in [-0.4, -0.2) is 4.57 Å². The molecule has 0 saturated carbocycles. The summed E-state index contributed by atoms with van der Waals surface area (Å²) in [6.45, 7) is 6.80. The van der Waals surface area contributed by atoms with E-state index in [1.807, 2.05) is 0 Å². The number of aryl methyl sites for hydroxylation is 3. The van der Waals surface area contributed by atoms with Crippen LogP contribution >= 0.6 is 0 Å². The number of hydrogen-bond donors (Lipinski definition) is 0. The van der Waals surface area contributed by atoms with Crippen molar-refractivity contribution in [2.75, 3.05) is 0 Å². The molecular weight excluding hydrogens is 506 g/mol. The first-order valence-electron chi connectivity index (χ1n) is 15.6. The first-order valence-corrected chi connectivity index (χ1v) is 15.6. The summed E-state index contributed by atoms with van der Waals surface area (Å²) in [5, 5.41) is 1.44. The Balaban J connectivity index is 1.56. The van der Waals surface area contributed by atoms with Crippen LogP contribution in [0.25, 0.3) is 22.2 Å². The third kappa shape index (κ3) is 4.77. The standard InChI is InChI=1S/C41H39N/c1-29-15-9-10-18-32-19-11-12-22-34(32)40(30(29)2)36-27-28-37-35-23-13-14-24-39(35)42(33-20-7-4-8-21-33)41(37)38(36)26-25-31-16-5-3-6-17-31/h3-10,12,15-18,20-22,27-28H,1,11,13-14,19,23-26H2,2H3/b15-9-,18-10?,40-30+. The van der Waals surface area contributed by atoms with Crippen molar-refractivity contribution in [2.45, 2.75) is 58.3 Å². The number of hydrogen-bond acceptors (Lipinski definition) is 0. The van der Waals surface area contributed by atoms with E-state index >= 15 is 0 Å². The topological polar surface area (TPSA) is 4.93 Å². The summed E-state index contributed by atoms with van der Waals surface area (Å²) >= 11 is 0. The molecule has 7 rings (SSSR count). The molecule has 3 aliphatic carbocycles. The van der Waals surface area contributed by atoms with Crippen molar-refractivity contribution in [3.05, 3.63) is 166 Å². The third-order valence-corrected chi connectivity index (χ3v) is 9.37. The van der Waals surface area contributed by atoms with E-state index in [1.165, 1.54) is 74.1 Å². The van der Waals surface area contributed by atoms with Crippen molar-refractivity contribution in [1.82, 2.24) is 4.57 Å². The Hall–Kier alpha value is -4.36. The normalized spacial score (nSPS) is 19.3. The molecule has 0 fully saturated rings. The Morgan fingerprint density at radius 1 is 0.762 bits per heavy atom. The zero-order chi connectivity index (χ0) is 28.5. The van der Waals surface area contributed by atoms with Crippen molar-refractivity contribution in [1.29, 1.82) is 0 Å². The fourth-order valence-electron chi connectivity index (χ4n) is 7.24. The second-order valence-electron chi connectivity index (χ2n) is 11.9. The van der Waals surface area contributed by atoms with Crippen LogP contribution in [-0.2, 0) is 25.7 Å². The van der Waals surface area contributed by atoms with Crippen molar-refractivity contribution in [3.63, 3.8) is 0 Å². The lowest BCUT2D eigenvalue weighted by atomic mass is 9.81. The lowest BCUT2D eigenvalue weighted by Crippen LogP contribution is -2.08. The lowest BCUT2D eigenvalue weighted by Gasteiger charge is -2.24. The quantitative estimate of drug-likeness (QED) is 0.235. The van der Waals surface area contributed by atoms with Gasteiger partial charge in [-0.3, -0.25) is 0 Å². The van der Waals surface area contributed by atoms with Gasteiger partial charge in [-0.25, -0.2) is 0 Å². The van der Waals surface area contributed by atoms with Gasteiger partial charge in [-0.15, -0.1) is 0 Å². The van der Waals surface area contributed by atoms with Gasteiger partial charge in [0, 0.05) is 16.8 Å². The molecule has 208 valence electrons. The monoisotopic (exact) mass is 545 g/mol. The van der Waals surface area contributed by atoms with Gasteiger partial charge >= 0.3 is 0 Å². The molecule has 1 heterocycles. The summed E-state index contributed by atoms with van der Waals surface area (Å²) in [7, 11) is 0. The summed E-state index contributed by atoms with van der Waals surface area (Å²) in [4.78, 5) is 0. The summed E-state index contributed by atoms with van der Waals surface area (Å²) in [5.74, 6) is 0. The predicted octanol–water partition coefficient (Wildman–Crippen LogP) is 10.4. The fraction of sp³-hybridized carbons (Fsp3) is 0.220. The second kappa shape index (κ2) is 11.5. The predicted molar refractivity (Wildman–Crippen MR) is 179 cm³/mol. The highest BCUT2D eigenvalue weighted by Crippen LogP contribution is 2.43. The highest BCUT2D eigenvalue weighted by molar-refractivity contribution is 5.98. The maximum absolute atomic E-state index is 4.53. The Labute approximate surface area is 250 Å². The van der Waals surface area contributed by atoms with Gasteiger partial charge in [0.2, 0.25) is 0 Å². The molecule has 3 aliphatic rings. The summed E-state index contributed by atoms with van der Waals surface area (Å²) < 4.78 is 2.62. The molecule has 1 heteroatoms. The largest absolute Gasteiger partial charge is 0.313 e. The van der Waals surface area contributed by atoms with Crippen molar-refractivity contribution in [2.24, 2.45) is 0 Å². The smallest absolute Gasteiger partial charge is 0.0572 e. The van der Waals surface area contributed by atoms with Crippen LogP contribution in [0, 0.1) is 0 Å². The number of rotatable bonds is 5. The number of aromatic nitrogens is 1. The number of nitrogens with zero attached hydrogens (tertiary/aromatic N) is 1. The van der Waals surface area contributed by atoms with Crippen molar-refractivity contribution in [3.8, 4) is 5.69 Å². The molecule has 0 saturated heterocycles. The average molecular weight is 546 g/mol. The molecule has 0 amide bonds. The van der Waals surface area contributed by atoms with E-state index < -0.39 is 0 Å². The lowest BCUT2D eigenvalue weighted by molar-refractivity contribution is 0.666. The van der Waals surface area contributed by atoms with Gasteiger partial charge in [0.15, 0.2) is 0 Å².